The summed E-state index contributed by atoms with van der Waals surface area (Å²) in [4.78, 5) is 18.8. The number of aliphatic imine (C=N–C) groups is 2. The van der Waals surface area contributed by atoms with Crippen molar-refractivity contribution < 1.29 is 4.42 Å². The number of rotatable bonds is 0. The largest absolute Gasteiger partial charge is 0.452 e. The van der Waals surface area contributed by atoms with Gasteiger partial charge in [0, 0.05) is 74.9 Å². The van der Waals surface area contributed by atoms with Gasteiger partial charge < -0.3 is 4.42 Å². The number of allylic oxidation sites excluding steroid dienone is 2. The van der Waals surface area contributed by atoms with Gasteiger partial charge in [0.25, 0.3) is 0 Å². The first-order chi connectivity index (χ1) is 18.5. The second-order valence-electron chi connectivity index (χ2n) is 6.28. The van der Waals surface area contributed by atoms with Crippen molar-refractivity contribution in [2.24, 2.45) is 30.4 Å². The maximum absolute atomic E-state index is 4.47. The van der Waals surface area contributed by atoms with Crippen molar-refractivity contribution in [2.45, 2.75) is 12.8 Å². The van der Waals surface area contributed by atoms with Gasteiger partial charge in [-0.05, 0) is 36.4 Å². The SMILES string of the molecule is C1=CCN=C1.C1=CN=CC1.C1=CN=NC1.C1=NN=CC1.c1ccncc1.c1ccncc1.c1cocn1. The molecule has 0 unspecified atom stereocenters. The molecule has 4 aliphatic heterocycles. The van der Waals surface area contributed by atoms with Crippen LogP contribution >= 0.6 is 0 Å². The fourth-order valence-corrected chi connectivity index (χ4v) is 1.88. The fourth-order valence-electron chi connectivity index (χ4n) is 1.88. The Labute approximate surface area is 217 Å². The third-order valence-corrected chi connectivity index (χ3v) is 3.44. The third kappa shape index (κ3) is 25.5. The molecule has 7 heterocycles. The standard InChI is InChI=1S/2C5H5N.2C4H5N.2C3H4N2.C3H3NO/c2*1-2-4-6-5-3-1;4*1-2-4-5-3-1;1-2-5-3-4-1/h2*1-5H;1,3-4H,2H2;1-3H,4H2;2-3H,1H2;1-2H,3H2;1-3H. The molecule has 190 valence electrons. The van der Waals surface area contributed by atoms with E-state index in [-0.39, 0.29) is 0 Å². The molecule has 4 aliphatic rings. The molecule has 0 spiro atoms. The number of oxazole rings is 1. The lowest BCUT2D eigenvalue weighted by atomic mass is 10.5. The van der Waals surface area contributed by atoms with E-state index in [2.05, 4.69) is 49.8 Å². The van der Waals surface area contributed by atoms with Crippen LogP contribution < -0.4 is 0 Å². The zero-order chi connectivity index (χ0) is 26.2. The summed E-state index contributed by atoms with van der Waals surface area (Å²) >= 11 is 0. The lowest BCUT2D eigenvalue weighted by Gasteiger charge is -1.70. The summed E-state index contributed by atoms with van der Waals surface area (Å²) in [5.74, 6) is 0. The van der Waals surface area contributed by atoms with Crippen molar-refractivity contribution in [3.8, 4) is 0 Å². The van der Waals surface area contributed by atoms with E-state index < -0.39 is 0 Å². The van der Waals surface area contributed by atoms with Gasteiger partial charge >= 0.3 is 0 Å². The maximum Gasteiger partial charge on any atom is 0.180 e. The quantitative estimate of drug-likeness (QED) is 0.386. The average molecular weight is 498 g/mol. The molecule has 0 saturated heterocycles. The minimum atomic E-state index is 0.778. The van der Waals surface area contributed by atoms with Gasteiger partial charge in [-0.2, -0.15) is 20.4 Å². The second kappa shape index (κ2) is 27.3. The Bertz CT molecular complexity index is 843. The van der Waals surface area contributed by atoms with Crippen molar-refractivity contribution in [1.82, 2.24) is 15.0 Å². The number of azo groups is 1. The molecule has 10 heteroatoms. The highest BCUT2D eigenvalue weighted by Gasteiger charge is 1.75. The number of nitrogens with zero attached hydrogens (tertiary/aromatic N) is 9. The highest BCUT2D eigenvalue weighted by atomic mass is 16.3. The van der Waals surface area contributed by atoms with Crippen LogP contribution in [-0.4, -0.2) is 52.9 Å². The summed E-state index contributed by atoms with van der Waals surface area (Å²) in [6.07, 6.45) is 32.0. The van der Waals surface area contributed by atoms with E-state index in [0.717, 1.165) is 25.9 Å². The summed E-state index contributed by atoms with van der Waals surface area (Å²) < 4.78 is 4.47. The minimum absolute atomic E-state index is 0.778. The van der Waals surface area contributed by atoms with E-state index in [1.807, 2.05) is 66.9 Å². The molecule has 0 fully saturated rings. The van der Waals surface area contributed by atoms with Gasteiger partial charge in [-0.3, -0.25) is 20.0 Å². The van der Waals surface area contributed by atoms with E-state index in [0.29, 0.717) is 0 Å². The van der Waals surface area contributed by atoms with Crippen LogP contribution in [-0.2, 0) is 0 Å². The zero-order valence-electron chi connectivity index (χ0n) is 20.5. The molecule has 10 nitrogen and oxygen atoms in total. The van der Waals surface area contributed by atoms with Gasteiger partial charge in [0.15, 0.2) is 6.39 Å². The highest BCUT2D eigenvalue weighted by molar-refractivity contribution is 5.82. The Morgan fingerprint density at radius 3 is 1.49 bits per heavy atom. The molecule has 0 bridgehead atoms. The van der Waals surface area contributed by atoms with E-state index in [9.17, 15) is 0 Å². The first-order valence-corrected chi connectivity index (χ1v) is 11.4. The number of pyridine rings is 2. The summed E-state index contributed by atoms with van der Waals surface area (Å²) in [6.45, 7) is 1.67. The first kappa shape index (κ1) is 30.0. The van der Waals surface area contributed by atoms with Crippen LogP contribution in [0.2, 0.25) is 0 Å². The molecule has 37 heavy (non-hydrogen) atoms. The lowest BCUT2D eigenvalue weighted by Crippen LogP contribution is -1.60. The molecule has 0 aromatic carbocycles. The zero-order valence-corrected chi connectivity index (χ0v) is 20.5. The summed E-state index contributed by atoms with van der Waals surface area (Å²) in [7, 11) is 0. The van der Waals surface area contributed by atoms with Crippen molar-refractivity contribution in [3.63, 3.8) is 0 Å². The van der Waals surface area contributed by atoms with Crippen LogP contribution in [0.25, 0.3) is 0 Å². The summed E-state index contributed by atoms with van der Waals surface area (Å²) in [5.41, 5.74) is 0. The molecule has 3 aromatic rings. The highest BCUT2D eigenvalue weighted by Crippen LogP contribution is 1.87. The van der Waals surface area contributed by atoms with Crippen LogP contribution in [0.5, 0.6) is 0 Å². The maximum atomic E-state index is 4.47. The van der Waals surface area contributed by atoms with Crippen LogP contribution in [0.4, 0.5) is 0 Å². The summed E-state index contributed by atoms with van der Waals surface area (Å²) in [5, 5.41) is 14.2. The summed E-state index contributed by atoms with van der Waals surface area (Å²) in [6, 6.07) is 11.4. The molecule has 0 radical (unpaired) electrons. The first-order valence-electron chi connectivity index (χ1n) is 11.4. The Balaban J connectivity index is 0.000000216. The van der Waals surface area contributed by atoms with Crippen molar-refractivity contribution in [3.05, 3.63) is 117 Å². The van der Waals surface area contributed by atoms with E-state index >= 15 is 0 Å². The Hall–Kier alpha value is -4.99. The molecule has 0 N–H and O–H groups in total. The third-order valence-electron chi connectivity index (χ3n) is 3.44. The fraction of sp³-hybridized carbons (Fsp3) is 0.148. The number of hydrogen-bond donors (Lipinski definition) is 0. The molecular weight excluding hydrogens is 466 g/mol. The van der Waals surface area contributed by atoms with Crippen molar-refractivity contribution in [2.75, 3.05) is 13.1 Å². The van der Waals surface area contributed by atoms with Gasteiger partial charge in [-0.1, -0.05) is 24.3 Å². The Morgan fingerprint density at radius 1 is 0.595 bits per heavy atom. The van der Waals surface area contributed by atoms with Crippen LogP contribution in [0.15, 0.2) is 152 Å². The van der Waals surface area contributed by atoms with Gasteiger partial charge in [-0.25, -0.2) is 4.98 Å². The number of aromatic nitrogens is 3. The van der Waals surface area contributed by atoms with Gasteiger partial charge in [0.05, 0.1) is 19.3 Å². The van der Waals surface area contributed by atoms with Crippen molar-refractivity contribution in [1.29, 1.82) is 0 Å². The topological polar surface area (TPSA) is 126 Å². The van der Waals surface area contributed by atoms with Gasteiger partial charge in [-0.15, -0.1) is 0 Å². The minimum Gasteiger partial charge on any atom is -0.452 e. The molecule has 0 atom stereocenters. The smallest absolute Gasteiger partial charge is 0.180 e. The van der Waals surface area contributed by atoms with Crippen LogP contribution in [0.3, 0.4) is 0 Å². The monoisotopic (exact) mass is 497 g/mol. The Morgan fingerprint density at radius 2 is 1.32 bits per heavy atom. The van der Waals surface area contributed by atoms with Gasteiger partial charge in [0.1, 0.15) is 6.26 Å². The Kier molecular flexibility index (Phi) is 22.1. The predicted octanol–water partition coefficient (Wildman–Crippen LogP) is 5.85. The molecule has 3 aromatic heterocycles. The van der Waals surface area contributed by atoms with E-state index in [1.54, 1.807) is 62.0 Å². The molecule has 0 amide bonds. The van der Waals surface area contributed by atoms with E-state index in [1.165, 1.54) is 12.7 Å². The van der Waals surface area contributed by atoms with Gasteiger partial charge in [0.2, 0.25) is 0 Å². The average Bonchev–Trinajstić information content (AvgIpc) is 3.84. The lowest BCUT2D eigenvalue weighted by molar-refractivity contribution is 0.558. The number of hydrogen-bond acceptors (Lipinski definition) is 10. The van der Waals surface area contributed by atoms with Crippen molar-refractivity contribution >= 4 is 24.9 Å². The van der Waals surface area contributed by atoms with Crippen LogP contribution in [0.1, 0.15) is 12.8 Å². The predicted molar refractivity (Wildman–Crippen MR) is 150 cm³/mol. The second-order valence-corrected chi connectivity index (χ2v) is 6.28. The normalized spacial score (nSPS) is 13.2. The van der Waals surface area contributed by atoms with Crippen LogP contribution in [0, 0.1) is 0 Å². The van der Waals surface area contributed by atoms with E-state index in [4.69, 9.17) is 0 Å². The molecule has 0 aliphatic carbocycles. The molecule has 0 saturated carbocycles. The molecule has 7 rings (SSSR count). The molecular formula is C27H31N9O.